The largest absolute Gasteiger partial charge is 0.288 e. The number of hydrogen-bond donors (Lipinski definition) is 0. The van der Waals surface area contributed by atoms with E-state index >= 15 is 0 Å². The molecule has 2 aromatic rings. The minimum atomic E-state index is -0.331. The van der Waals surface area contributed by atoms with Crippen LogP contribution in [0.2, 0.25) is 0 Å². The molecule has 0 saturated heterocycles. The number of fused-ring (bicyclic) bond motifs is 1. The first-order chi connectivity index (χ1) is 7.22. The zero-order valence-corrected chi connectivity index (χ0v) is 8.95. The lowest BCUT2D eigenvalue weighted by Crippen LogP contribution is -1.92. The number of nitriles is 1. The molecule has 0 amide bonds. The smallest absolute Gasteiger partial charge is 0.144 e. The highest BCUT2D eigenvalue weighted by Gasteiger charge is 2.05. The fraction of sp³-hybridized carbons (Fsp3) is 0.273. The van der Waals surface area contributed by atoms with Crippen LogP contribution in [0.15, 0.2) is 18.5 Å². The van der Waals surface area contributed by atoms with Crippen molar-refractivity contribution >= 4 is 5.65 Å². The van der Waals surface area contributed by atoms with Crippen LogP contribution in [0.3, 0.4) is 0 Å². The van der Waals surface area contributed by atoms with Gasteiger partial charge in [0.2, 0.25) is 0 Å². The highest BCUT2D eigenvalue weighted by atomic mass is 19.1. The summed E-state index contributed by atoms with van der Waals surface area (Å²) in [7, 11) is 0. The second-order valence-electron chi connectivity index (χ2n) is 2.79. The van der Waals surface area contributed by atoms with Gasteiger partial charge >= 0.3 is 0 Å². The monoisotopic (exact) mass is 205 g/mol. The van der Waals surface area contributed by atoms with E-state index in [2.05, 4.69) is 4.98 Å². The molecular formula is C11H12FN3. The molecule has 0 spiro atoms. The molecular weight excluding hydrogens is 193 g/mol. The molecule has 15 heavy (non-hydrogen) atoms. The molecule has 2 rings (SSSR count). The summed E-state index contributed by atoms with van der Waals surface area (Å²) in [5.41, 5.74) is 1.46. The Bertz CT molecular complexity index is 508. The van der Waals surface area contributed by atoms with Crippen molar-refractivity contribution in [3.63, 3.8) is 0 Å². The van der Waals surface area contributed by atoms with Crippen molar-refractivity contribution < 1.29 is 4.39 Å². The molecule has 78 valence electrons. The standard InChI is InChI=1S/C9H6FN3.C2H6/c1-6-2-9-12-4-7(3-11)13(9)5-8(6)10;1-2/h2,4-5H,1H3;1-2H3. The Morgan fingerprint density at radius 1 is 1.47 bits per heavy atom. The van der Waals surface area contributed by atoms with Crippen molar-refractivity contribution in [3.05, 3.63) is 35.5 Å². The third-order valence-electron chi connectivity index (χ3n) is 1.90. The van der Waals surface area contributed by atoms with Gasteiger partial charge in [0.1, 0.15) is 23.2 Å². The predicted octanol–water partition coefficient (Wildman–Crippen LogP) is 2.68. The number of hydrogen-bond acceptors (Lipinski definition) is 2. The first kappa shape index (κ1) is 11.2. The number of rotatable bonds is 0. The highest BCUT2D eigenvalue weighted by molar-refractivity contribution is 5.45. The summed E-state index contributed by atoms with van der Waals surface area (Å²) in [6, 6.07) is 3.54. The van der Waals surface area contributed by atoms with Crippen LogP contribution in [-0.2, 0) is 0 Å². The zero-order valence-electron chi connectivity index (χ0n) is 8.95. The van der Waals surface area contributed by atoms with Crippen LogP contribution in [0.1, 0.15) is 25.1 Å². The average Bonchev–Trinajstić information content (AvgIpc) is 2.64. The maximum Gasteiger partial charge on any atom is 0.144 e. The summed E-state index contributed by atoms with van der Waals surface area (Å²) < 4.78 is 14.5. The Morgan fingerprint density at radius 3 is 2.73 bits per heavy atom. The summed E-state index contributed by atoms with van der Waals surface area (Å²) >= 11 is 0. The average molecular weight is 205 g/mol. The van der Waals surface area contributed by atoms with Gasteiger partial charge < -0.3 is 0 Å². The van der Waals surface area contributed by atoms with E-state index in [4.69, 9.17) is 5.26 Å². The normalized spacial score (nSPS) is 9.27. The number of imidazole rings is 1. The van der Waals surface area contributed by atoms with Crippen LogP contribution in [0.25, 0.3) is 5.65 Å². The Labute approximate surface area is 87.8 Å². The van der Waals surface area contributed by atoms with Gasteiger partial charge in [-0.05, 0) is 18.6 Å². The topological polar surface area (TPSA) is 41.1 Å². The molecule has 0 radical (unpaired) electrons. The first-order valence-corrected chi connectivity index (χ1v) is 4.75. The highest BCUT2D eigenvalue weighted by Crippen LogP contribution is 2.11. The maximum absolute atomic E-state index is 13.1. The van der Waals surface area contributed by atoms with Crippen LogP contribution >= 0.6 is 0 Å². The van der Waals surface area contributed by atoms with Gasteiger partial charge in [-0.2, -0.15) is 5.26 Å². The fourth-order valence-electron chi connectivity index (χ4n) is 1.18. The van der Waals surface area contributed by atoms with E-state index in [1.54, 1.807) is 13.0 Å². The summed E-state index contributed by atoms with van der Waals surface area (Å²) in [4.78, 5) is 3.97. The van der Waals surface area contributed by atoms with Crippen molar-refractivity contribution in [1.29, 1.82) is 5.26 Å². The van der Waals surface area contributed by atoms with Crippen LogP contribution in [0.5, 0.6) is 0 Å². The summed E-state index contributed by atoms with van der Waals surface area (Å²) in [5.74, 6) is -0.331. The first-order valence-electron chi connectivity index (χ1n) is 4.75. The molecule has 0 aliphatic heterocycles. The molecule has 0 N–H and O–H groups in total. The quantitative estimate of drug-likeness (QED) is 0.663. The Balaban J connectivity index is 0.000000531. The number of halogens is 1. The fourth-order valence-corrected chi connectivity index (χ4v) is 1.18. The second-order valence-corrected chi connectivity index (χ2v) is 2.79. The van der Waals surface area contributed by atoms with Gasteiger partial charge in [-0.3, -0.25) is 4.40 Å². The van der Waals surface area contributed by atoms with Crippen LogP contribution in [-0.4, -0.2) is 9.38 Å². The van der Waals surface area contributed by atoms with E-state index in [1.165, 1.54) is 16.8 Å². The minimum absolute atomic E-state index is 0.331. The lowest BCUT2D eigenvalue weighted by molar-refractivity contribution is 0.609. The Morgan fingerprint density at radius 2 is 2.13 bits per heavy atom. The van der Waals surface area contributed by atoms with Gasteiger partial charge in [0.25, 0.3) is 0 Å². The molecule has 2 aromatic heterocycles. The molecule has 0 bridgehead atoms. The van der Waals surface area contributed by atoms with Crippen LogP contribution in [0.4, 0.5) is 4.39 Å². The van der Waals surface area contributed by atoms with E-state index < -0.39 is 0 Å². The van der Waals surface area contributed by atoms with E-state index in [-0.39, 0.29) is 5.82 Å². The van der Waals surface area contributed by atoms with E-state index in [9.17, 15) is 4.39 Å². The third-order valence-corrected chi connectivity index (χ3v) is 1.90. The SMILES string of the molecule is CC.Cc1cc2ncc(C#N)n2cc1F. The molecule has 0 saturated carbocycles. The summed E-state index contributed by atoms with van der Waals surface area (Å²) in [5, 5.41) is 8.65. The van der Waals surface area contributed by atoms with Crippen LogP contribution < -0.4 is 0 Å². The van der Waals surface area contributed by atoms with Gasteiger partial charge in [0.05, 0.1) is 6.20 Å². The van der Waals surface area contributed by atoms with E-state index in [0.717, 1.165) is 0 Å². The number of aryl methyl sites for hydroxylation is 1. The summed E-state index contributed by atoms with van der Waals surface area (Å²) in [6.45, 7) is 5.66. The molecule has 2 heterocycles. The van der Waals surface area contributed by atoms with Gasteiger partial charge in [-0.1, -0.05) is 13.8 Å². The van der Waals surface area contributed by atoms with E-state index in [0.29, 0.717) is 16.9 Å². The zero-order chi connectivity index (χ0) is 11.4. The third kappa shape index (κ3) is 1.96. The van der Waals surface area contributed by atoms with Crippen molar-refractivity contribution in [2.24, 2.45) is 0 Å². The van der Waals surface area contributed by atoms with Crippen molar-refractivity contribution in [3.8, 4) is 6.07 Å². The lowest BCUT2D eigenvalue weighted by Gasteiger charge is -1.98. The molecule has 0 aliphatic rings. The Kier molecular flexibility index (Phi) is 3.40. The molecule has 0 unspecified atom stereocenters. The summed E-state index contributed by atoms with van der Waals surface area (Å²) in [6.07, 6.45) is 2.70. The molecule has 0 aliphatic carbocycles. The molecule has 3 nitrogen and oxygen atoms in total. The molecule has 0 fully saturated rings. The number of pyridine rings is 1. The molecule has 0 atom stereocenters. The second kappa shape index (κ2) is 4.56. The van der Waals surface area contributed by atoms with Gasteiger partial charge in [-0.25, -0.2) is 9.37 Å². The van der Waals surface area contributed by atoms with Gasteiger partial charge in [0.15, 0.2) is 0 Å². The lowest BCUT2D eigenvalue weighted by atomic mass is 10.3. The van der Waals surface area contributed by atoms with Gasteiger partial charge in [0, 0.05) is 6.20 Å². The molecule has 0 aromatic carbocycles. The van der Waals surface area contributed by atoms with Crippen molar-refractivity contribution in [2.45, 2.75) is 20.8 Å². The van der Waals surface area contributed by atoms with Gasteiger partial charge in [-0.15, -0.1) is 0 Å². The van der Waals surface area contributed by atoms with Crippen LogP contribution in [0, 0.1) is 24.1 Å². The maximum atomic E-state index is 13.1. The van der Waals surface area contributed by atoms with Crippen molar-refractivity contribution in [1.82, 2.24) is 9.38 Å². The van der Waals surface area contributed by atoms with E-state index in [1.807, 2.05) is 19.9 Å². The minimum Gasteiger partial charge on any atom is -0.288 e. The Hall–Kier alpha value is -1.89. The predicted molar refractivity (Wildman–Crippen MR) is 56.0 cm³/mol. The van der Waals surface area contributed by atoms with Crippen molar-refractivity contribution in [2.75, 3.05) is 0 Å². The number of nitrogens with zero attached hydrogens (tertiary/aromatic N) is 3. The number of aromatic nitrogens is 2. The molecule has 4 heteroatoms.